The van der Waals surface area contributed by atoms with E-state index >= 15 is 0 Å². The molecule has 0 aliphatic carbocycles. The molecule has 1 N–H and O–H groups in total. The van der Waals surface area contributed by atoms with Crippen LogP contribution in [0.15, 0.2) is 29.2 Å². The highest BCUT2D eigenvalue weighted by atomic mass is 32.2. The molecule has 0 spiro atoms. The van der Waals surface area contributed by atoms with Crippen LogP contribution in [-0.4, -0.2) is 53.1 Å². The SMILES string of the molecule is CCOC(=O)N1CCC(NC(=O)c2ccc(S(C)=O)cc2)CC1. The summed E-state index contributed by atoms with van der Waals surface area (Å²) < 4.78 is 16.3. The van der Waals surface area contributed by atoms with Crippen LogP contribution in [0.3, 0.4) is 0 Å². The van der Waals surface area contributed by atoms with Crippen molar-refractivity contribution in [3.63, 3.8) is 0 Å². The number of hydrogen-bond donors (Lipinski definition) is 1. The van der Waals surface area contributed by atoms with Gasteiger partial charge in [-0.05, 0) is 44.0 Å². The molecule has 1 aromatic carbocycles. The summed E-state index contributed by atoms with van der Waals surface area (Å²) in [4.78, 5) is 26.2. The third-order valence-corrected chi connectivity index (χ3v) is 4.74. The third-order valence-electron chi connectivity index (χ3n) is 3.80. The van der Waals surface area contributed by atoms with E-state index in [9.17, 15) is 13.8 Å². The van der Waals surface area contributed by atoms with Gasteiger partial charge >= 0.3 is 6.09 Å². The van der Waals surface area contributed by atoms with E-state index in [4.69, 9.17) is 4.74 Å². The molecule has 126 valence electrons. The van der Waals surface area contributed by atoms with Crippen molar-refractivity contribution in [1.29, 1.82) is 0 Å². The summed E-state index contributed by atoms with van der Waals surface area (Å²) in [5.41, 5.74) is 0.548. The summed E-state index contributed by atoms with van der Waals surface area (Å²) in [5, 5.41) is 2.98. The van der Waals surface area contributed by atoms with E-state index in [1.54, 1.807) is 42.3 Å². The Morgan fingerprint density at radius 3 is 2.39 bits per heavy atom. The van der Waals surface area contributed by atoms with E-state index < -0.39 is 10.8 Å². The summed E-state index contributed by atoms with van der Waals surface area (Å²) in [7, 11) is -1.05. The monoisotopic (exact) mass is 338 g/mol. The lowest BCUT2D eigenvalue weighted by atomic mass is 10.0. The highest BCUT2D eigenvalue weighted by Gasteiger charge is 2.24. The van der Waals surface area contributed by atoms with Gasteiger partial charge in [0.05, 0.1) is 6.61 Å². The lowest BCUT2D eigenvalue weighted by molar-refractivity contribution is 0.0860. The lowest BCUT2D eigenvalue weighted by Gasteiger charge is -2.31. The Hall–Kier alpha value is -1.89. The van der Waals surface area contributed by atoms with Gasteiger partial charge in [-0.15, -0.1) is 0 Å². The van der Waals surface area contributed by atoms with Gasteiger partial charge < -0.3 is 15.0 Å². The standard InChI is InChI=1S/C16H22N2O4S/c1-3-22-16(20)18-10-8-13(9-11-18)17-15(19)12-4-6-14(7-5-12)23(2)21/h4-7,13H,3,8-11H2,1-2H3,(H,17,19). The molecule has 0 bridgehead atoms. The molecule has 1 saturated heterocycles. The number of ether oxygens (including phenoxy) is 1. The molecule has 23 heavy (non-hydrogen) atoms. The van der Waals surface area contributed by atoms with Crippen molar-refractivity contribution in [2.45, 2.75) is 30.7 Å². The van der Waals surface area contributed by atoms with E-state index in [1.165, 1.54) is 0 Å². The average Bonchev–Trinajstić information content (AvgIpc) is 2.55. The van der Waals surface area contributed by atoms with Gasteiger partial charge in [0, 0.05) is 46.6 Å². The van der Waals surface area contributed by atoms with E-state index in [1.807, 2.05) is 0 Å². The summed E-state index contributed by atoms with van der Waals surface area (Å²) >= 11 is 0. The van der Waals surface area contributed by atoms with Crippen molar-refractivity contribution in [2.75, 3.05) is 26.0 Å². The molecule has 1 atom stereocenters. The minimum absolute atomic E-state index is 0.0492. The quantitative estimate of drug-likeness (QED) is 0.908. The second kappa shape index (κ2) is 8.10. The second-order valence-corrected chi connectivity index (χ2v) is 6.79. The second-order valence-electron chi connectivity index (χ2n) is 5.41. The number of carbonyl (C=O) groups excluding carboxylic acids is 2. The number of benzene rings is 1. The first-order valence-electron chi connectivity index (χ1n) is 7.67. The van der Waals surface area contributed by atoms with Gasteiger partial charge in [0.1, 0.15) is 0 Å². The summed E-state index contributed by atoms with van der Waals surface area (Å²) in [6, 6.07) is 6.82. The summed E-state index contributed by atoms with van der Waals surface area (Å²) in [6.07, 6.45) is 2.73. The molecular formula is C16H22N2O4S. The van der Waals surface area contributed by atoms with Crippen molar-refractivity contribution in [3.05, 3.63) is 29.8 Å². The zero-order valence-corrected chi connectivity index (χ0v) is 14.2. The van der Waals surface area contributed by atoms with Crippen LogP contribution in [0.2, 0.25) is 0 Å². The molecule has 1 heterocycles. The molecule has 2 rings (SSSR count). The van der Waals surface area contributed by atoms with Crippen LogP contribution in [0.5, 0.6) is 0 Å². The Balaban J connectivity index is 1.85. The Kier molecular flexibility index (Phi) is 6.15. The normalized spacial score (nSPS) is 16.7. The molecule has 1 aromatic rings. The lowest BCUT2D eigenvalue weighted by Crippen LogP contribution is -2.46. The predicted octanol–water partition coefficient (Wildman–Crippen LogP) is 1.77. The smallest absolute Gasteiger partial charge is 0.409 e. The number of nitrogens with zero attached hydrogens (tertiary/aromatic N) is 1. The average molecular weight is 338 g/mol. The molecular weight excluding hydrogens is 316 g/mol. The van der Waals surface area contributed by atoms with Crippen molar-refractivity contribution < 1.29 is 18.5 Å². The zero-order valence-electron chi connectivity index (χ0n) is 13.4. The molecule has 1 fully saturated rings. The minimum atomic E-state index is -1.05. The molecule has 0 saturated carbocycles. The van der Waals surface area contributed by atoms with Crippen LogP contribution in [0, 0.1) is 0 Å². The van der Waals surface area contributed by atoms with Crippen molar-refractivity contribution >= 4 is 22.8 Å². The topological polar surface area (TPSA) is 75.7 Å². The fourth-order valence-electron chi connectivity index (χ4n) is 2.49. The highest BCUT2D eigenvalue weighted by Crippen LogP contribution is 2.13. The fraction of sp³-hybridized carbons (Fsp3) is 0.500. The van der Waals surface area contributed by atoms with Crippen molar-refractivity contribution in [2.24, 2.45) is 0 Å². The van der Waals surface area contributed by atoms with Crippen LogP contribution < -0.4 is 5.32 Å². The first kappa shape index (κ1) is 17.5. The maximum absolute atomic E-state index is 12.2. The van der Waals surface area contributed by atoms with Crippen LogP contribution in [0.25, 0.3) is 0 Å². The molecule has 1 aliphatic heterocycles. The molecule has 0 aromatic heterocycles. The van der Waals surface area contributed by atoms with Crippen molar-refractivity contribution in [3.8, 4) is 0 Å². The van der Waals surface area contributed by atoms with Gasteiger partial charge in [0.2, 0.25) is 0 Å². The number of nitrogens with one attached hydrogen (secondary N) is 1. The molecule has 6 nitrogen and oxygen atoms in total. The van der Waals surface area contributed by atoms with E-state index in [2.05, 4.69) is 5.32 Å². The van der Waals surface area contributed by atoms with Crippen LogP contribution >= 0.6 is 0 Å². The molecule has 7 heteroatoms. The number of rotatable bonds is 4. The van der Waals surface area contributed by atoms with E-state index in [0.717, 1.165) is 0 Å². The van der Waals surface area contributed by atoms with Crippen LogP contribution in [0.1, 0.15) is 30.1 Å². The largest absolute Gasteiger partial charge is 0.450 e. The van der Waals surface area contributed by atoms with Crippen molar-refractivity contribution in [1.82, 2.24) is 10.2 Å². The number of carbonyl (C=O) groups is 2. The van der Waals surface area contributed by atoms with Crippen LogP contribution in [-0.2, 0) is 15.5 Å². The number of piperidine rings is 1. The van der Waals surface area contributed by atoms with Gasteiger partial charge in [-0.25, -0.2) is 4.79 Å². The van der Waals surface area contributed by atoms with E-state index in [0.29, 0.717) is 43.0 Å². The fourth-order valence-corrected chi connectivity index (χ4v) is 3.01. The number of amides is 2. The van der Waals surface area contributed by atoms with Gasteiger partial charge in [-0.2, -0.15) is 0 Å². The molecule has 0 radical (unpaired) electrons. The number of hydrogen-bond acceptors (Lipinski definition) is 4. The maximum Gasteiger partial charge on any atom is 0.409 e. The summed E-state index contributed by atoms with van der Waals surface area (Å²) in [6.45, 7) is 3.31. The zero-order chi connectivity index (χ0) is 16.8. The minimum Gasteiger partial charge on any atom is -0.450 e. The predicted molar refractivity (Wildman–Crippen MR) is 87.9 cm³/mol. The van der Waals surface area contributed by atoms with Gasteiger partial charge in [-0.3, -0.25) is 9.00 Å². The number of likely N-dealkylation sites (tertiary alicyclic amines) is 1. The Morgan fingerprint density at radius 2 is 1.87 bits per heavy atom. The van der Waals surface area contributed by atoms with E-state index in [-0.39, 0.29) is 18.0 Å². The summed E-state index contributed by atoms with van der Waals surface area (Å²) in [5.74, 6) is -0.145. The third kappa shape index (κ3) is 4.79. The molecule has 1 aliphatic rings. The first-order valence-corrected chi connectivity index (χ1v) is 9.23. The van der Waals surface area contributed by atoms with Crippen LogP contribution in [0.4, 0.5) is 4.79 Å². The molecule has 1 unspecified atom stereocenters. The Bertz CT molecular complexity index is 580. The first-order chi connectivity index (χ1) is 11.0. The Morgan fingerprint density at radius 1 is 1.26 bits per heavy atom. The Labute approximate surface area is 138 Å². The maximum atomic E-state index is 12.2. The molecule has 2 amide bonds. The highest BCUT2D eigenvalue weighted by molar-refractivity contribution is 7.84. The van der Waals surface area contributed by atoms with Gasteiger partial charge in [-0.1, -0.05) is 0 Å². The van der Waals surface area contributed by atoms with Gasteiger partial charge in [0.25, 0.3) is 5.91 Å². The van der Waals surface area contributed by atoms with Gasteiger partial charge in [0.15, 0.2) is 0 Å².